The van der Waals surface area contributed by atoms with Crippen LogP contribution in [0, 0.1) is 5.41 Å². The quantitative estimate of drug-likeness (QED) is 0.646. The van der Waals surface area contributed by atoms with Crippen molar-refractivity contribution in [3.8, 4) is 0 Å². The van der Waals surface area contributed by atoms with E-state index in [0.717, 1.165) is 0 Å². The van der Waals surface area contributed by atoms with Gasteiger partial charge >= 0.3 is 0 Å². The maximum atomic E-state index is 7.63. The Morgan fingerprint density at radius 2 is 2.42 bits per heavy atom. The van der Waals surface area contributed by atoms with Gasteiger partial charge in [-0.1, -0.05) is 0 Å². The van der Waals surface area contributed by atoms with E-state index in [1.165, 1.54) is 0 Å². The predicted molar refractivity (Wildman–Crippen MR) is 46.4 cm³/mol. The summed E-state index contributed by atoms with van der Waals surface area (Å²) in [6.07, 6.45) is 1.57. The summed E-state index contributed by atoms with van der Waals surface area (Å²) in [6.45, 7) is 0. The molecular weight excluding hydrogens is 222 g/mol. The van der Waals surface area contributed by atoms with Crippen molar-refractivity contribution >= 4 is 27.1 Å². The Kier molecular flexibility index (Phi) is 1.50. The molecule has 0 spiro atoms. The molecule has 2 N–H and O–H groups in total. The molecule has 0 aliphatic heterocycles. The lowest BCUT2D eigenvalue weighted by Crippen LogP contribution is -2.17. The molecule has 5 nitrogen and oxygen atoms in total. The molecular formula is C6H6BrN5. The first kappa shape index (κ1) is 7.48. The Hall–Kier alpha value is -1.17. The zero-order valence-corrected chi connectivity index (χ0v) is 7.88. The van der Waals surface area contributed by atoms with Gasteiger partial charge in [-0.2, -0.15) is 0 Å². The Morgan fingerprint density at radius 3 is 3.17 bits per heavy atom. The van der Waals surface area contributed by atoms with Gasteiger partial charge in [0.1, 0.15) is 5.52 Å². The second-order valence-electron chi connectivity index (χ2n) is 2.43. The number of hydrogen-bond donors (Lipinski definition) is 2. The van der Waals surface area contributed by atoms with E-state index in [2.05, 4.69) is 30.9 Å². The number of aromatic nitrogens is 4. The minimum Gasteiger partial charge on any atom is -0.328 e. The third kappa shape index (κ3) is 0.953. The number of aromatic amines is 1. The SMILES string of the molecule is Cn1cnc2nc(Br)[nH]c2c1=N. The monoisotopic (exact) mass is 227 g/mol. The highest BCUT2D eigenvalue weighted by atomic mass is 79.9. The second-order valence-corrected chi connectivity index (χ2v) is 3.18. The van der Waals surface area contributed by atoms with E-state index in [9.17, 15) is 0 Å². The van der Waals surface area contributed by atoms with Crippen LogP contribution in [0.25, 0.3) is 11.2 Å². The summed E-state index contributed by atoms with van der Waals surface area (Å²) in [5.74, 6) is 0. The second kappa shape index (κ2) is 2.41. The number of hydrogen-bond acceptors (Lipinski definition) is 3. The number of aryl methyl sites for hydroxylation is 1. The predicted octanol–water partition coefficient (Wildman–Crippen LogP) is 0.538. The van der Waals surface area contributed by atoms with Gasteiger partial charge in [0.25, 0.3) is 0 Å². The zero-order valence-electron chi connectivity index (χ0n) is 6.30. The summed E-state index contributed by atoms with van der Waals surface area (Å²) >= 11 is 3.18. The van der Waals surface area contributed by atoms with Crippen LogP contribution in [-0.4, -0.2) is 19.5 Å². The molecule has 6 heteroatoms. The van der Waals surface area contributed by atoms with Gasteiger partial charge in [0.05, 0.1) is 6.33 Å². The third-order valence-corrected chi connectivity index (χ3v) is 1.97. The van der Waals surface area contributed by atoms with Gasteiger partial charge < -0.3 is 9.55 Å². The van der Waals surface area contributed by atoms with Crippen molar-refractivity contribution in [2.75, 3.05) is 0 Å². The van der Waals surface area contributed by atoms with Crippen LogP contribution in [-0.2, 0) is 7.05 Å². The molecule has 0 bridgehead atoms. The van der Waals surface area contributed by atoms with E-state index < -0.39 is 0 Å². The standard InChI is InChI=1S/C6H6BrN5/c1-12-2-9-5-3(4(12)8)10-6(7)11-5/h2,8H,1H3,(H,10,11). The molecule has 0 saturated heterocycles. The van der Waals surface area contributed by atoms with Gasteiger partial charge in [0, 0.05) is 7.05 Å². The van der Waals surface area contributed by atoms with E-state index in [-0.39, 0.29) is 0 Å². The zero-order chi connectivity index (χ0) is 8.72. The normalized spacial score (nSPS) is 10.8. The Balaban J connectivity index is 2.99. The van der Waals surface area contributed by atoms with E-state index in [1.54, 1.807) is 17.9 Å². The lowest BCUT2D eigenvalue weighted by Gasteiger charge is -1.95. The van der Waals surface area contributed by atoms with Crippen LogP contribution in [0.1, 0.15) is 0 Å². The maximum Gasteiger partial charge on any atom is 0.183 e. The van der Waals surface area contributed by atoms with Gasteiger partial charge in [-0.05, 0) is 15.9 Å². The Labute approximate surface area is 76.1 Å². The first-order valence-electron chi connectivity index (χ1n) is 3.30. The van der Waals surface area contributed by atoms with E-state index >= 15 is 0 Å². The van der Waals surface area contributed by atoms with Crippen molar-refractivity contribution in [2.45, 2.75) is 0 Å². The van der Waals surface area contributed by atoms with Crippen molar-refractivity contribution in [1.29, 1.82) is 5.41 Å². The first-order valence-corrected chi connectivity index (χ1v) is 4.09. The van der Waals surface area contributed by atoms with Crippen LogP contribution in [0.2, 0.25) is 0 Å². The fourth-order valence-electron chi connectivity index (χ4n) is 0.970. The molecule has 0 aliphatic rings. The van der Waals surface area contributed by atoms with Gasteiger partial charge in [-0.25, -0.2) is 9.97 Å². The fraction of sp³-hybridized carbons (Fsp3) is 0.167. The Morgan fingerprint density at radius 1 is 1.67 bits per heavy atom. The smallest absolute Gasteiger partial charge is 0.183 e. The molecule has 2 aromatic rings. The van der Waals surface area contributed by atoms with Crippen molar-refractivity contribution < 1.29 is 0 Å². The van der Waals surface area contributed by atoms with Gasteiger partial charge in [0.15, 0.2) is 15.9 Å². The highest BCUT2D eigenvalue weighted by Gasteiger charge is 2.03. The molecule has 0 atom stereocenters. The molecule has 0 saturated carbocycles. The fourth-order valence-corrected chi connectivity index (χ4v) is 1.34. The van der Waals surface area contributed by atoms with Crippen LogP contribution in [0.15, 0.2) is 11.1 Å². The summed E-state index contributed by atoms with van der Waals surface area (Å²) in [5, 5.41) is 7.63. The molecule has 2 heterocycles. The highest BCUT2D eigenvalue weighted by molar-refractivity contribution is 9.10. The minimum atomic E-state index is 0.373. The van der Waals surface area contributed by atoms with Crippen LogP contribution >= 0.6 is 15.9 Å². The topological polar surface area (TPSA) is 70.3 Å². The molecule has 0 radical (unpaired) electrons. The largest absolute Gasteiger partial charge is 0.328 e. The summed E-state index contributed by atoms with van der Waals surface area (Å²) in [7, 11) is 1.77. The average Bonchev–Trinajstić information content (AvgIpc) is 2.39. The van der Waals surface area contributed by atoms with Crippen LogP contribution < -0.4 is 5.49 Å². The van der Waals surface area contributed by atoms with Crippen molar-refractivity contribution in [2.24, 2.45) is 7.05 Å². The Bertz CT molecular complexity index is 482. The number of imidazole rings is 1. The molecule has 12 heavy (non-hydrogen) atoms. The number of fused-ring (bicyclic) bond motifs is 1. The minimum absolute atomic E-state index is 0.373. The lowest BCUT2D eigenvalue weighted by molar-refractivity contribution is 0.802. The van der Waals surface area contributed by atoms with Crippen molar-refractivity contribution in [3.63, 3.8) is 0 Å². The summed E-state index contributed by atoms with van der Waals surface area (Å²) in [4.78, 5) is 11.0. The van der Waals surface area contributed by atoms with E-state index in [4.69, 9.17) is 5.41 Å². The number of H-pyrrole nitrogens is 1. The van der Waals surface area contributed by atoms with Crippen LogP contribution in [0.4, 0.5) is 0 Å². The van der Waals surface area contributed by atoms with E-state index in [1.807, 2.05) is 0 Å². The number of nitrogens with one attached hydrogen (secondary N) is 2. The molecule has 62 valence electrons. The van der Waals surface area contributed by atoms with Gasteiger partial charge in [-0.3, -0.25) is 5.41 Å². The maximum absolute atomic E-state index is 7.63. The molecule has 0 unspecified atom stereocenters. The molecule has 0 fully saturated rings. The molecule has 2 aromatic heterocycles. The number of nitrogens with zero attached hydrogens (tertiary/aromatic N) is 3. The molecule has 2 rings (SSSR count). The molecule has 0 aliphatic carbocycles. The summed E-state index contributed by atoms with van der Waals surface area (Å²) < 4.78 is 2.22. The van der Waals surface area contributed by atoms with Gasteiger partial charge in [-0.15, -0.1) is 0 Å². The molecule has 0 aromatic carbocycles. The first-order chi connectivity index (χ1) is 5.68. The van der Waals surface area contributed by atoms with Crippen molar-refractivity contribution in [1.82, 2.24) is 19.5 Å². The number of halogens is 1. The highest BCUT2D eigenvalue weighted by Crippen LogP contribution is 2.07. The van der Waals surface area contributed by atoms with Crippen molar-refractivity contribution in [3.05, 3.63) is 16.5 Å². The van der Waals surface area contributed by atoms with Gasteiger partial charge in [0.2, 0.25) is 0 Å². The summed E-state index contributed by atoms with van der Waals surface area (Å²) in [6, 6.07) is 0. The number of rotatable bonds is 0. The van der Waals surface area contributed by atoms with Crippen LogP contribution in [0.3, 0.4) is 0 Å². The van der Waals surface area contributed by atoms with E-state index in [0.29, 0.717) is 21.4 Å². The average molecular weight is 228 g/mol. The lowest BCUT2D eigenvalue weighted by atomic mass is 10.5. The van der Waals surface area contributed by atoms with Crippen LogP contribution in [0.5, 0.6) is 0 Å². The summed E-state index contributed by atoms with van der Waals surface area (Å²) in [5.41, 5.74) is 1.58. The third-order valence-electron chi connectivity index (χ3n) is 1.60. The molecule has 0 amide bonds.